The van der Waals surface area contributed by atoms with Gasteiger partial charge in [-0.05, 0) is 25.2 Å². The molecule has 4 heteroatoms. The molecule has 14 heavy (non-hydrogen) atoms. The molecular weight excluding hydrogens is 182 g/mol. The minimum Gasteiger partial charge on any atom is -0.480 e. The summed E-state index contributed by atoms with van der Waals surface area (Å²) in [4.78, 5) is 24.3. The van der Waals surface area contributed by atoms with E-state index in [9.17, 15) is 9.59 Å². The van der Waals surface area contributed by atoms with Gasteiger partial charge >= 0.3 is 5.97 Å². The first kappa shape index (κ1) is 9.49. The van der Waals surface area contributed by atoms with Crippen LogP contribution >= 0.6 is 0 Å². The van der Waals surface area contributed by atoms with Crippen LogP contribution in [0.2, 0.25) is 0 Å². The lowest BCUT2D eigenvalue weighted by Crippen LogP contribution is -2.62. The van der Waals surface area contributed by atoms with Gasteiger partial charge in [0, 0.05) is 12.5 Å². The third kappa shape index (κ3) is 1.21. The van der Waals surface area contributed by atoms with Crippen molar-refractivity contribution in [1.82, 2.24) is 4.90 Å². The zero-order valence-electron chi connectivity index (χ0n) is 8.27. The fourth-order valence-electron chi connectivity index (χ4n) is 2.57. The summed E-state index contributed by atoms with van der Waals surface area (Å²) in [6, 6.07) is -0.549. The van der Waals surface area contributed by atoms with Crippen molar-refractivity contribution in [2.75, 3.05) is 6.54 Å². The maximum Gasteiger partial charge on any atom is 0.326 e. The van der Waals surface area contributed by atoms with E-state index in [2.05, 4.69) is 0 Å². The third-order valence-electron chi connectivity index (χ3n) is 3.31. The van der Waals surface area contributed by atoms with Gasteiger partial charge in [0.15, 0.2) is 0 Å². The fourth-order valence-corrected chi connectivity index (χ4v) is 2.57. The quantitative estimate of drug-likeness (QED) is 0.725. The van der Waals surface area contributed by atoms with Crippen LogP contribution in [0.4, 0.5) is 0 Å². The molecule has 2 bridgehead atoms. The van der Waals surface area contributed by atoms with E-state index in [-0.39, 0.29) is 17.7 Å². The Morgan fingerprint density at radius 1 is 1.57 bits per heavy atom. The van der Waals surface area contributed by atoms with Crippen LogP contribution in [-0.4, -0.2) is 34.5 Å². The van der Waals surface area contributed by atoms with Crippen LogP contribution in [0.25, 0.3) is 0 Å². The monoisotopic (exact) mass is 197 g/mol. The van der Waals surface area contributed by atoms with E-state index in [1.54, 1.807) is 4.90 Å². The minimum absolute atomic E-state index is 0.0572. The van der Waals surface area contributed by atoms with Crippen molar-refractivity contribution in [3.63, 3.8) is 0 Å². The van der Waals surface area contributed by atoms with Gasteiger partial charge in [-0.1, -0.05) is 6.92 Å². The van der Waals surface area contributed by atoms with Gasteiger partial charge in [-0.3, -0.25) is 4.79 Å². The lowest BCUT2D eigenvalue weighted by atomic mass is 9.66. The maximum atomic E-state index is 11.7. The highest BCUT2D eigenvalue weighted by atomic mass is 16.4. The van der Waals surface area contributed by atoms with Crippen molar-refractivity contribution in [3.8, 4) is 0 Å². The van der Waals surface area contributed by atoms with E-state index in [1.807, 2.05) is 6.92 Å². The summed E-state index contributed by atoms with van der Waals surface area (Å²) in [6.45, 7) is 2.55. The number of fused-ring (bicyclic) bond motifs is 2. The Hall–Kier alpha value is -1.06. The summed E-state index contributed by atoms with van der Waals surface area (Å²) in [5.74, 6) is -0.444. The van der Waals surface area contributed by atoms with Gasteiger partial charge in [0.25, 0.3) is 0 Å². The number of piperidine rings is 2. The summed E-state index contributed by atoms with van der Waals surface area (Å²) in [5.41, 5.74) is 0. The van der Waals surface area contributed by atoms with E-state index in [1.165, 1.54) is 0 Å². The summed E-state index contributed by atoms with van der Waals surface area (Å²) in [7, 11) is 0. The van der Waals surface area contributed by atoms with Crippen LogP contribution in [0.15, 0.2) is 0 Å². The first-order valence-corrected chi connectivity index (χ1v) is 5.18. The van der Waals surface area contributed by atoms with E-state index in [4.69, 9.17) is 5.11 Å². The highest BCUT2D eigenvalue weighted by Crippen LogP contribution is 2.44. The Bertz CT molecular complexity index is 271. The molecule has 3 rings (SSSR count). The van der Waals surface area contributed by atoms with Crippen molar-refractivity contribution in [3.05, 3.63) is 0 Å². The van der Waals surface area contributed by atoms with Crippen LogP contribution in [0.3, 0.4) is 0 Å². The normalized spacial score (nSPS) is 35.4. The van der Waals surface area contributed by atoms with Gasteiger partial charge in [-0.15, -0.1) is 0 Å². The summed E-state index contributed by atoms with van der Waals surface area (Å²) >= 11 is 0. The van der Waals surface area contributed by atoms with Gasteiger partial charge in [-0.25, -0.2) is 4.79 Å². The van der Waals surface area contributed by atoms with Crippen molar-refractivity contribution in [2.45, 2.75) is 32.2 Å². The van der Waals surface area contributed by atoms with E-state index in [0.717, 1.165) is 19.3 Å². The number of carbonyl (C=O) groups is 2. The molecule has 1 amide bonds. The molecule has 2 aliphatic heterocycles. The lowest BCUT2D eigenvalue weighted by molar-refractivity contribution is -0.170. The first-order valence-electron chi connectivity index (χ1n) is 5.18. The Kier molecular flexibility index (Phi) is 2.21. The Morgan fingerprint density at radius 2 is 2.21 bits per heavy atom. The van der Waals surface area contributed by atoms with Crippen LogP contribution in [-0.2, 0) is 9.59 Å². The Labute approximate surface area is 82.9 Å². The van der Waals surface area contributed by atoms with Crippen LogP contribution in [0, 0.1) is 11.8 Å². The zero-order chi connectivity index (χ0) is 10.3. The molecule has 3 fully saturated rings. The topological polar surface area (TPSA) is 57.6 Å². The second-order valence-corrected chi connectivity index (χ2v) is 4.24. The lowest BCUT2D eigenvalue weighted by Gasteiger charge is -2.50. The molecule has 0 aromatic rings. The maximum absolute atomic E-state index is 11.7. The second kappa shape index (κ2) is 3.26. The summed E-state index contributed by atoms with van der Waals surface area (Å²) < 4.78 is 0. The average molecular weight is 197 g/mol. The zero-order valence-corrected chi connectivity index (χ0v) is 8.27. The van der Waals surface area contributed by atoms with Crippen molar-refractivity contribution in [2.24, 2.45) is 11.8 Å². The Balaban J connectivity index is 2.17. The van der Waals surface area contributed by atoms with Crippen LogP contribution < -0.4 is 0 Å². The van der Waals surface area contributed by atoms with Gasteiger partial charge in [-0.2, -0.15) is 0 Å². The molecule has 1 aliphatic carbocycles. The molecule has 2 saturated heterocycles. The second-order valence-electron chi connectivity index (χ2n) is 4.24. The van der Waals surface area contributed by atoms with Crippen molar-refractivity contribution < 1.29 is 14.7 Å². The molecule has 4 nitrogen and oxygen atoms in total. The molecule has 3 aliphatic rings. The first-order chi connectivity index (χ1) is 6.65. The average Bonchev–Trinajstić information content (AvgIpc) is 2.05. The van der Waals surface area contributed by atoms with Gasteiger partial charge in [0.05, 0.1) is 0 Å². The van der Waals surface area contributed by atoms with Gasteiger partial charge in [0.2, 0.25) is 5.91 Å². The largest absolute Gasteiger partial charge is 0.480 e. The molecular formula is C10H15NO3. The smallest absolute Gasteiger partial charge is 0.326 e. The highest BCUT2D eigenvalue weighted by Gasteiger charge is 2.52. The molecule has 2 heterocycles. The predicted molar refractivity (Wildman–Crippen MR) is 49.6 cm³/mol. The van der Waals surface area contributed by atoms with Gasteiger partial charge in [0.1, 0.15) is 6.04 Å². The van der Waals surface area contributed by atoms with E-state index in [0.29, 0.717) is 6.54 Å². The number of rotatable bonds is 3. The SMILES string of the molecule is CCCN1C(=O)C2CC(C2)C1C(=O)O. The van der Waals surface area contributed by atoms with E-state index < -0.39 is 12.0 Å². The van der Waals surface area contributed by atoms with Gasteiger partial charge < -0.3 is 10.0 Å². The summed E-state index contributed by atoms with van der Waals surface area (Å²) in [6.07, 6.45) is 2.40. The number of carboxylic acid groups (broad SMARTS) is 1. The molecule has 0 aromatic carbocycles. The standard InChI is InChI=1S/C10H15NO3/c1-2-3-11-8(10(13)14)6-4-7(5-6)9(11)12/h6-8H,2-5H2,1H3,(H,13,14). The molecule has 0 spiro atoms. The van der Waals surface area contributed by atoms with Crippen molar-refractivity contribution >= 4 is 11.9 Å². The van der Waals surface area contributed by atoms with Crippen LogP contribution in [0.1, 0.15) is 26.2 Å². The predicted octanol–water partition coefficient (Wildman–Crippen LogP) is 0.718. The number of carboxylic acids is 1. The fraction of sp³-hybridized carbons (Fsp3) is 0.800. The number of hydrogen-bond donors (Lipinski definition) is 1. The third-order valence-corrected chi connectivity index (χ3v) is 3.31. The number of carbonyl (C=O) groups excluding carboxylic acids is 1. The summed E-state index contributed by atoms with van der Waals surface area (Å²) in [5, 5.41) is 9.05. The molecule has 1 saturated carbocycles. The number of aliphatic carboxylic acids is 1. The number of amides is 1. The number of hydrogen-bond acceptors (Lipinski definition) is 2. The molecule has 1 atom stereocenters. The molecule has 0 aromatic heterocycles. The minimum atomic E-state index is -0.838. The molecule has 0 radical (unpaired) electrons. The van der Waals surface area contributed by atoms with Crippen molar-refractivity contribution in [1.29, 1.82) is 0 Å². The van der Waals surface area contributed by atoms with E-state index >= 15 is 0 Å². The molecule has 78 valence electrons. The molecule has 1 N–H and O–H groups in total. The molecule has 1 unspecified atom stereocenters. The Morgan fingerprint density at radius 3 is 2.71 bits per heavy atom. The highest BCUT2D eigenvalue weighted by molar-refractivity contribution is 5.88. The number of nitrogens with zero attached hydrogens (tertiary/aromatic N) is 1. The van der Waals surface area contributed by atoms with Crippen LogP contribution in [0.5, 0.6) is 0 Å².